The van der Waals surface area contributed by atoms with E-state index in [-0.39, 0.29) is 12.2 Å². The van der Waals surface area contributed by atoms with Gasteiger partial charge in [0.15, 0.2) is 0 Å². The van der Waals surface area contributed by atoms with Crippen molar-refractivity contribution in [2.75, 3.05) is 18.4 Å². The van der Waals surface area contributed by atoms with E-state index in [1.165, 1.54) is 13.0 Å². The minimum atomic E-state index is -4.27. The molecule has 0 atom stereocenters. The molecule has 0 spiro atoms. The van der Waals surface area contributed by atoms with E-state index in [0.29, 0.717) is 10.7 Å². The molecule has 0 fully saturated rings. The zero-order chi connectivity index (χ0) is 16.9. The van der Waals surface area contributed by atoms with E-state index in [1.54, 1.807) is 6.92 Å². The average molecular weight is 332 g/mol. The SMILES string of the molecule is CCCN(CC(=O)O)S(=O)(=O)c1ccc(NC(C)=O)cc1F. The van der Waals surface area contributed by atoms with Crippen LogP contribution in [0, 0.1) is 5.82 Å². The molecule has 0 unspecified atom stereocenters. The van der Waals surface area contributed by atoms with Crippen molar-refractivity contribution in [3.63, 3.8) is 0 Å². The van der Waals surface area contributed by atoms with E-state index in [9.17, 15) is 22.4 Å². The van der Waals surface area contributed by atoms with Crippen molar-refractivity contribution in [3.05, 3.63) is 24.0 Å². The summed E-state index contributed by atoms with van der Waals surface area (Å²) in [6.45, 7) is 2.13. The molecular formula is C13H17FN2O5S. The number of anilines is 1. The van der Waals surface area contributed by atoms with Gasteiger partial charge >= 0.3 is 5.97 Å². The minimum absolute atomic E-state index is 0.0402. The van der Waals surface area contributed by atoms with Crippen molar-refractivity contribution < 1.29 is 27.5 Å². The molecule has 0 bridgehead atoms. The van der Waals surface area contributed by atoms with Gasteiger partial charge in [0, 0.05) is 19.2 Å². The molecule has 22 heavy (non-hydrogen) atoms. The summed E-state index contributed by atoms with van der Waals surface area (Å²) < 4.78 is 39.4. The summed E-state index contributed by atoms with van der Waals surface area (Å²) in [5.41, 5.74) is 0.115. The molecule has 9 heteroatoms. The topological polar surface area (TPSA) is 104 Å². The summed E-state index contributed by atoms with van der Waals surface area (Å²) >= 11 is 0. The fourth-order valence-corrected chi connectivity index (χ4v) is 3.34. The second kappa shape index (κ2) is 7.32. The van der Waals surface area contributed by atoms with E-state index in [0.717, 1.165) is 12.1 Å². The van der Waals surface area contributed by atoms with E-state index in [2.05, 4.69) is 5.32 Å². The van der Waals surface area contributed by atoms with E-state index in [4.69, 9.17) is 5.11 Å². The molecule has 1 aromatic carbocycles. The summed E-state index contributed by atoms with van der Waals surface area (Å²) in [5.74, 6) is -2.81. The zero-order valence-electron chi connectivity index (χ0n) is 12.2. The first kappa shape index (κ1) is 18.1. The Morgan fingerprint density at radius 3 is 2.45 bits per heavy atom. The molecular weight excluding hydrogens is 315 g/mol. The Labute approximate surface area is 127 Å². The predicted molar refractivity (Wildman–Crippen MR) is 77.4 cm³/mol. The lowest BCUT2D eigenvalue weighted by molar-refractivity contribution is -0.137. The third-order valence-electron chi connectivity index (χ3n) is 2.65. The fraction of sp³-hybridized carbons (Fsp3) is 0.385. The number of hydrogen-bond acceptors (Lipinski definition) is 4. The number of carboxylic acid groups (broad SMARTS) is 1. The van der Waals surface area contributed by atoms with Crippen molar-refractivity contribution in [2.45, 2.75) is 25.2 Å². The molecule has 0 aromatic heterocycles. The Hall–Kier alpha value is -2.00. The summed E-state index contributed by atoms with van der Waals surface area (Å²) in [6.07, 6.45) is 0.387. The summed E-state index contributed by atoms with van der Waals surface area (Å²) in [6, 6.07) is 3.11. The number of nitrogens with one attached hydrogen (secondary N) is 1. The number of sulfonamides is 1. The number of rotatable bonds is 7. The lowest BCUT2D eigenvalue weighted by Gasteiger charge is -2.20. The normalized spacial score (nSPS) is 11.5. The van der Waals surface area contributed by atoms with Crippen LogP contribution in [0.3, 0.4) is 0 Å². The van der Waals surface area contributed by atoms with Gasteiger partial charge in [-0.1, -0.05) is 6.92 Å². The van der Waals surface area contributed by atoms with Gasteiger partial charge in [0.2, 0.25) is 15.9 Å². The van der Waals surface area contributed by atoms with Crippen LogP contribution >= 0.6 is 0 Å². The van der Waals surface area contributed by atoms with Crippen molar-refractivity contribution in [1.29, 1.82) is 0 Å². The Morgan fingerprint density at radius 2 is 2.00 bits per heavy atom. The predicted octanol–water partition coefficient (Wildman–Crippen LogP) is 1.27. The van der Waals surface area contributed by atoms with Crippen LogP contribution in [-0.4, -0.2) is 42.8 Å². The fourth-order valence-electron chi connectivity index (χ4n) is 1.81. The molecule has 0 radical (unpaired) electrons. The number of benzene rings is 1. The van der Waals surface area contributed by atoms with Crippen molar-refractivity contribution in [1.82, 2.24) is 4.31 Å². The second-order valence-electron chi connectivity index (χ2n) is 4.56. The van der Waals surface area contributed by atoms with Crippen LogP contribution < -0.4 is 5.32 Å². The molecule has 0 heterocycles. The number of carboxylic acids is 1. The highest BCUT2D eigenvalue weighted by atomic mass is 32.2. The molecule has 0 aliphatic heterocycles. The van der Waals surface area contributed by atoms with Gasteiger partial charge in [-0.15, -0.1) is 0 Å². The number of halogens is 1. The number of carbonyl (C=O) groups excluding carboxylic acids is 1. The number of amides is 1. The lowest BCUT2D eigenvalue weighted by Crippen LogP contribution is -2.36. The van der Waals surface area contributed by atoms with Crippen LogP contribution in [0.4, 0.5) is 10.1 Å². The standard InChI is InChI=1S/C13H17FN2O5S/c1-3-6-16(8-13(18)19)22(20,21)12-5-4-10(7-11(12)14)15-9(2)17/h4-5,7H,3,6,8H2,1-2H3,(H,15,17)(H,18,19). The zero-order valence-corrected chi connectivity index (χ0v) is 13.0. The molecule has 0 aliphatic rings. The van der Waals surface area contributed by atoms with Crippen molar-refractivity contribution >= 4 is 27.6 Å². The number of carbonyl (C=O) groups is 2. The molecule has 122 valence electrons. The van der Waals surface area contributed by atoms with Gasteiger partial charge in [-0.25, -0.2) is 12.8 Å². The van der Waals surface area contributed by atoms with Crippen LogP contribution in [-0.2, 0) is 19.6 Å². The molecule has 0 aliphatic carbocycles. The Balaban J connectivity index is 3.20. The molecule has 1 aromatic rings. The number of nitrogens with zero attached hydrogens (tertiary/aromatic N) is 1. The van der Waals surface area contributed by atoms with Gasteiger partial charge in [-0.2, -0.15) is 4.31 Å². The van der Waals surface area contributed by atoms with Crippen LogP contribution in [0.5, 0.6) is 0 Å². The van der Waals surface area contributed by atoms with Gasteiger partial charge in [0.1, 0.15) is 17.3 Å². The van der Waals surface area contributed by atoms with Gasteiger partial charge < -0.3 is 10.4 Å². The first-order valence-electron chi connectivity index (χ1n) is 6.47. The molecule has 2 N–H and O–H groups in total. The third-order valence-corrected chi connectivity index (χ3v) is 4.53. The average Bonchev–Trinajstić information content (AvgIpc) is 2.36. The van der Waals surface area contributed by atoms with E-state index in [1.807, 2.05) is 0 Å². The van der Waals surface area contributed by atoms with Gasteiger partial charge in [0.05, 0.1) is 0 Å². The third kappa shape index (κ3) is 4.50. The van der Waals surface area contributed by atoms with Crippen LogP contribution in [0.25, 0.3) is 0 Å². The Bertz CT molecular complexity index is 675. The molecule has 1 rings (SSSR count). The molecule has 7 nitrogen and oxygen atoms in total. The Morgan fingerprint density at radius 1 is 1.36 bits per heavy atom. The van der Waals surface area contributed by atoms with Crippen molar-refractivity contribution in [2.24, 2.45) is 0 Å². The van der Waals surface area contributed by atoms with E-state index >= 15 is 0 Å². The maximum absolute atomic E-state index is 14.0. The van der Waals surface area contributed by atoms with Crippen molar-refractivity contribution in [3.8, 4) is 0 Å². The highest BCUT2D eigenvalue weighted by molar-refractivity contribution is 7.89. The molecule has 1 amide bonds. The van der Waals surface area contributed by atoms with Gasteiger partial charge in [-0.3, -0.25) is 9.59 Å². The summed E-state index contributed by atoms with van der Waals surface area (Å²) in [7, 11) is -4.27. The quantitative estimate of drug-likeness (QED) is 0.782. The van der Waals surface area contributed by atoms with Gasteiger partial charge in [-0.05, 0) is 24.6 Å². The second-order valence-corrected chi connectivity index (χ2v) is 6.47. The first-order chi connectivity index (χ1) is 10.2. The van der Waals surface area contributed by atoms with E-state index < -0.39 is 39.2 Å². The van der Waals surface area contributed by atoms with Crippen LogP contribution in [0.2, 0.25) is 0 Å². The number of hydrogen-bond donors (Lipinski definition) is 2. The maximum atomic E-state index is 14.0. The highest BCUT2D eigenvalue weighted by Gasteiger charge is 2.28. The summed E-state index contributed by atoms with van der Waals surface area (Å²) in [5, 5.41) is 11.1. The first-order valence-corrected chi connectivity index (χ1v) is 7.91. The Kier molecular flexibility index (Phi) is 6.01. The van der Waals surface area contributed by atoms with Crippen LogP contribution in [0.15, 0.2) is 23.1 Å². The smallest absolute Gasteiger partial charge is 0.318 e. The van der Waals surface area contributed by atoms with Gasteiger partial charge in [0.25, 0.3) is 0 Å². The lowest BCUT2D eigenvalue weighted by atomic mass is 10.3. The minimum Gasteiger partial charge on any atom is -0.480 e. The number of aliphatic carboxylic acids is 1. The van der Waals surface area contributed by atoms with Crippen LogP contribution in [0.1, 0.15) is 20.3 Å². The summed E-state index contributed by atoms with van der Waals surface area (Å²) in [4.78, 5) is 21.0. The highest BCUT2D eigenvalue weighted by Crippen LogP contribution is 2.22. The molecule has 0 saturated heterocycles. The monoisotopic (exact) mass is 332 g/mol. The maximum Gasteiger partial charge on any atom is 0.318 e. The molecule has 0 saturated carbocycles. The largest absolute Gasteiger partial charge is 0.480 e.